The number of nitrogens with one attached hydrogen (secondary N) is 2. The molecule has 1 aliphatic carbocycles. The second-order valence-electron chi connectivity index (χ2n) is 10.8. The summed E-state index contributed by atoms with van der Waals surface area (Å²) in [7, 11) is 0. The van der Waals surface area contributed by atoms with Crippen molar-refractivity contribution in [2.75, 3.05) is 18.4 Å². The molecule has 1 saturated heterocycles. The summed E-state index contributed by atoms with van der Waals surface area (Å²) in [5.41, 5.74) is 7.00. The zero-order chi connectivity index (χ0) is 27.6. The molecule has 2 unspecified atom stereocenters. The second kappa shape index (κ2) is 11.1. The third kappa shape index (κ3) is 5.83. The number of hydrogen-bond donors (Lipinski definition) is 2. The summed E-state index contributed by atoms with van der Waals surface area (Å²) in [5, 5.41) is 7.23. The minimum absolute atomic E-state index is 0.177. The number of aromatic nitrogens is 3. The second-order valence-corrected chi connectivity index (χ2v) is 10.8. The predicted molar refractivity (Wildman–Crippen MR) is 156 cm³/mol. The number of hydrogen-bond acceptors (Lipinski definition) is 5. The highest BCUT2D eigenvalue weighted by atomic mass is 16.5. The number of pyridine rings is 1. The zero-order valence-electron chi connectivity index (χ0n) is 22.8. The first-order valence-corrected chi connectivity index (χ1v) is 13.7. The van der Waals surface area contributed by atoms with Gasteiger partial charge in [-0.2, -0.15) is 5.10 Å². The number of nitrogens with zero attached hydrogens (tertiary/aromatic N) is 3. The molecule has 8 nitrogen and oxygen atoms in total. The van der Waals surface area contributed by atoms with Gasteiger partial charge in [0, 0.05) is 37.6 Å². The van der Waals surface area contributed by atoms with E-state index in [1.165, 1.54) is 17.3 Å². The minimum Gasteiger partial charge on any atom is -0.373 e. The Morgan fingerprint density at radius 1 is 1.05 bits per heavy atom. The molecule has 1 aliphatic heterocycles. The van der Waals surface area contributed by atoms with E-state index in [1.807, 2.05) is 30.3 Å². The van der Waals surface area contributed by atoms with E-state index in [-0.39, 0.29) is 23.7 Å². The number of benzene rings is 2. The fourth-order valence-electron chi connectivity index (χ4n) is 5.66. The van der Waals surface area contributed by atoms with Gasteiger partial charge in [0.2, 0.25) is 0 Å². The van der Waals surface area contributed by atoms with Crippen molar-refractivity contribution in [1.82, 2.24) is 19.7 Å². The number of H-pyrrole nitrogens is 1. The van der Waals surface area contributed by atoms with Crippen molar-refractivity contribution < 1.29 is 9.53 Å². The van der Waals surface area contributed by atoms with Crippen LogP contribution in [0.3, 0.4) is 0 Å². The van der Waals surface area contributed by atoms with E-state index in [9.17, 15) is 9.59 Å². The van der Waals surface area contributed by atoms with Crippen LogP contribution in [0.2, 0.25) is 0 Å². The molecule has 4 aromatic rings. The van der Waals surface area contributed by atoms with Crippen LogP contribution in [0.15, 0.2) is 78.0 Å². The van der Waals surface area contributed by atoms with E-state index in [4.69, 9.17) is 4.74 Å². The molecule has 6 rings (SSSR count). The Bertz CT molecular complexity index is 1610. The van der Waals surface area contributed by atoms with Gasteiger partial charge in [-0.05, 0) is 54.2 Å². The molecule has 2 N–H and O–H groups in total. The first kappa shape index (κ1) is 26.0. The van der Waals surface area contributed by atoms with E-state index in [2.05, 4.69) is 58.4 Å². The van der Waals surface area contributed by atoms with Crippen LogP contribution < -0.4 is 10.9 Å². The van der Waals surface area contributed by atoms with Gasteiger partial charge in [-0.1, -0.05) is 54.6 Å². The van der Waals surface area contributed by atoms with Crippen molar-refractivity contribution in [2.45, 2.75) is 45.6 Å². The number of amides is 1. The fraction of sp³-hybridized carbons (Fsp3) is 0.281. The van der Waals surface area contributed by atoms with Crippen LogP contribution in [-0.2, 0) is 24.2 Å². The largest absolute Gasteiger partial charge is 0.373 e. The highest BCUT2D eigenvalue weighted by Crippen LogP contribution is 2.32. The molecule has 2 aromatic carbocycles. The van der Waals surface area contributed by atoms with Gasteiger partial charge in [0.05, 0.1) is 36.2 Å². The lowest BCUT2D eigenvalue weighted by Crippen LogP contribution is -2.44. The number of ether oxygens (including phenoxy) is 1. The fourth-order valence-corrected chi connectivity index (χ4v) is 5.66. The summed E-state index contributed by atoms with van der Waals surface area (Å²) in [6.45, 7) is 7.53. The maximum Gasteiger partial charge on any atom is 0.258 e. The Kier molecular flexibility index (Phi) is 7.19. The molecular formula is C32H33N5O3. The number of anilines is 1. The highest BCUT2D eigenvalue weighted by molar-refractivity contribution is 6.04. The number of allylic oxidation sites excluding steroid dienone is 1. The van der Waals surface area contributed by atoms with Gasteiger partial charge >= 0.3 is 0 Å². The zero-order valence-corrected chi connectivity index (χ0v) is 22.8. The van der Waals surface area contributed by atoms with E-state index < -0.39 is 0 Å². The molecule has 8 heteroatoms. The predicted octanol–water partition coefficient (Wildman–Crippen LogP) is 4.58. The van der Waals surface area contributed by atoms with E-state index >= 15 is 0 Å². The normalized spacial score (nSPS) is 18.8. The number of morpholine rings is 1. The van der Waals surface area contributed by atoms with Gasteiger partial charge in [-0.3, -0.25) is 19.2 Å². The van der Waals surface area contributed by atoms with Crippen molar-refractivity contribution in [3.05, 3.63) is 117 Å². The molecule has 204 valence electrons. The summed E-state index contributed by atoms with van der Waals surface area (Å²) in [5.74, 6) is -0.280. The molecule has 3 heterocycles. The highest BCUT2D eigenvalue weighted by Gasteiger charge is 2.23. The van der Waals surface area contributed by atoms with Gasteiger partial charge in [-0.15, -0.1) is 0 Å². The lowest BCUT2D eigenvalue weighted by atomic mass is 10.0. The quantitative estimate of drug-likeness (QED) is 0.362. The average Bonchev–Trinajstić information content (AvgIpc) is 3.57. The minimum atomic E-state index is -0.280. The summed E-state index contributed by atoms with van der Waals surface area (Å²) >= 11 is 0. The van der Waals surface area contributed by atoms with Crippen LogP contribution in [0.1, 0.15) is 52.0 Å². The molecule has 1 fully saturated rings. The molecule has 0 bridgehead atoms. The molecule has 0 radical (unpaired) electrons. The van der Waals surface area contributed by atoms with Crippen molar-refractivity contribution in [1.29, 1.82) is 0 Å². The Hall–Kier alpha value is -4.27. The first-order chi connectivity index (χ1) is 19.4. The Morgan fingerprint density at radius 2 is 1.85 bits per heavy atom. The van der Waals surface area contributed by atoms with E-state index in [0.717, 1.165) is 36.3 Å². The lowest BCUT2D eigenvalue weighted by Gasteiger charge is -2.35. The standard InChI is InChI=1S/C32H33N5O3/c1-21-16-36(17-22(2)40-21)18-24-8-9-25-11-27(12-26(25)10-24)30-13-29(15-33-32(30)39)35-31(38)28-14-34-37(20-28)19-23-6-4-3-5-7-23/h3-10,12-15,20-22H,11,16-19H2,1-2H3,(H,33,39)(H,35,38). The molecular weight excluding hydrogens is 502 g/mol. The van der Waals surface area contributed by atoms with Gasteiger partial charge in [0.1, 0.15) is 0 Å². The van der Waals surface area contributed by atoms with Crippen LogP contribution in [-0.4, -0.2) is 50.9 Å². The third-order valence-electron chi connectivity index (χ3n) is 7.41. The van der Waals surface area contributed by atoms with Gasteiger partial charge < -0.3 is 15.0 Å². The number of fused-ring (bicyclic) bond motifs is 1. The van der Waals surface area contributed by atoms with Crippen LogP contribution in [0.25, 0.3) is 11.6 Å². The van der Waals surface area contributed by atoms with Gasteiger partial charge in [0.25, 0.3) is 11.5 Å². The molecule has 2 atom stereocenters. The smallest absolute Gasteiger partial charge is 0.258 e. The molecule has 0 saturated carbocycles. The van der Waals surface area contributed by atoms with Gasteiger partial charge in [-0.25, -0.2) is 0 Å². The number of carbonyl (C=O) groups is 1. The van der Waals surface area contributed by atoms with Crippen LogP contribution in [0.4, 0.5) is 5.69 Å². The molecule has 40 heavy (non-hydrogen) atoms. The molecule has 1 amide bonds. The number of rotatable bonds is 7. The Morgan fingerprint density at radius 3 is 2.65 bits per heavy atom. The van der Waals surface area contributed by atoms with Crippen LogP contribution in [0.5, 0.6) is 0 Å². The topological polar surface area (TPSA) is 92.3 Å². The van der Waals surface area contributed by atoms with Crippen molar-refractivity contribution in [3.8, 4) is 0 Å². The Labute approximate surface area is 233 Å². The third-order valence-corrected chi connectivity index (χ3v) is 7.41. The van der Waals surface area contributed by atoms with E-state index in [1.54, 1.807) is 23.1 Å². The number of carbonyl (C=O) groups excluding carboxylic acids is 1. The maximum atomic E-state index is 12.9. The van der Waals surface area contributed by atoms with Crippen LogP contribution in [0, 0.1) is 0 Å². The monoisotopic (exact) mass is 535 g/mol. The van der Waals surface area contributed by atoms with Crippen molar-refractivity contribution >= 4 is 23.2 Å². The van der Waals surface area contributed by atoms with E-state index in [0.29, 0.717) is 29.8 Å². The lowest BCUT2D eigenvalue weighted by molar-refractivity contribution is -0.0704. The van der Waals surface area contributed by atoms with Crippen molar-refractivity contribution in [3.63, 3.8) is 0 Å². The number of aromatic amines is 1. The van der Waals surface area contributed by atoms with Gasteiger partial charge in [0.15, 0.2) is 0 Å². The molecule has 0 spiro atoms. The average molecular weight is 536 g/mol. The van der Waals surface area contributed by atoms with Crippen LogP contribution >= 0.6 is 0 Å². The summed E-state index contributed by atoms with van der Waals surface area (Å²) in [4.78, 5) is 31.0. The Balaban J connectivity index is 1.15. The summed E-state index contributed by atoms with van der Waals surface area (Å²) in [6.07, 6.45) is 8.03. The molecule has 2 aliphatic rings. The molecule has 2 aromatic heterocycles. The maximum absolute atomic E-state index is 12.9. The SMILES string of the molecule is CC1CN(Cc2ccc3c(c2)C=C(c2cc(NC(=O)c4cnn(Cc5ccccc5)c4)c[nH]c2=O)C3)CC(C)O1. The van der Waals surface area contributed by atoms with Crippen molar-refractivity contribution in [2.24, 2.45) is 0 Å². The first-order valence-electron chi connectivity index (χ1n) is 13.7. The summed E-state index contributed by atoms with van der Waals surface area (Å²) < 4.78 is 7.60. The summed E-state index contributed by atoms with van der Waals surface area (Å²) in [6, 6.07) is 18.3.